The molecule has 0 unspecified atom stereocenters. The van der Waals surface area contributed by atoms with Crippen LogP contribution in [0.4, 0.5) is 0 Å². The molecule has 0 fully saturated rings. The van der Waals surface area contributed by atoms with Gasteiger partial charge in [-0.05, 0) is 6.07 Å². The van der Waals surface area contributed by atoms with Crippen LogP contribution in [0.3, 0.4) is 0 Å². The number of rotatable bonds is 2. The fourth-order valence-corrected chi connectivity index (χ4v) is 2.68. The predicted molar refractivity (Wildman–Crippen MR) is 59.3 cm³/mol. The maximum atomic E-state index is 11.8. The summed E-state index contributed by atoms with van der Waals surface area (Å²) in [4.78, 5) is 13.7. The van der Waals surface area contributed by atoms with Crippen molar-refractivity contribution >= 4 is 26.8 Å². The number of sulfonamides is 1. The number of aromatic amines is 1. The minimum absolute atomic E-state index is 0.0818. The number of carbonyl (C=O) groups excluding carboxylic acids is 1. The standard InChI is InChI=1S/C10H10N2O3S/c1-7(13)12-16(14,15)10-6-11-9-5-3-2-4-8(9)10/h2-6,11H,1H3,(H,12,13). The van der Waals surface area contributed by atoms with Crippen LogP contribution in [0, 0.1) is 0 Å². The lowest BCUT2D eigenvalue weighted by atomic mass is 10.2. The summed E-state index contributed by atoms with van der Waals surface area (Å²) in [5.74, 6) is -0.606. The minimum atomic E-state index is -3.77. The quantitative estimate of drug-likeness (QED) is 0.819. The van der Waals surface area contributed by atoms with Gasteiger partial charge < -0.3 is 4.98 Å². The summed E-state index contributed by atoms with van der Waals surface area (Å²) in [5, 5.41) is 0.566. The number of carbonyl (C=O) groups is 1. The Morgan fingerprint density at radius 1 is 1.31 bits per heavy atom. The molecule has 2 rings (SSSR count). The van der Waals surface area contributed by atoms with Crippen LogP contribution in [0.15, 0.2) is 35.4 Å². The highest BCUT2D eigenvalue weighted by molar-refractivity contribution is 7.90. The van der Waals surface area contributed by atoms with Crippen LogP contribution >= 0.6 is 0 Å². The van der Waals surface area contributed by atoms with Gasteiger partial charge >= 0.3 is 0 Å². The van der Waals surface area contributed by atoms with E-state index in [1.165, 1.54) is 6.20 Å². The Bertz CT molecular complexity index is 643. The molecule has 1 heterocycles. The van der Waals surface area contributed by atoms with Crippen LogP contribution in [0.5, 0.6) is 0 Å². The molecule has 2 N–H and O–H groups in total. The predicted octanol–water partition coefficient (Wildman–Crippen LogP) is 0.993. The summed E-state index contributed by atoms with van der Waals surface area (Å²) < 4.78 is 25.5. The third-order valence-corrected chi connectivity index (χ3v) is 3.59. The number of fused-ring (bicyclic) bond motifs is 1. The lowest BCUT2D eigenvalue weighted by Crippen LogP contribution is -2.27. The van der Waals surface area contributed by atoms with Gasteiger partial charge in [0.2, 0.25) is 5.91 Å². The fourth-order valence-electron chi connectivity index (χ4n) is 1.51. The van der Waals surface area contributed by atoms with Crippen molar-refractivity contribution in [2.24, 2.45) is 0 Å². The highest BCUT2D eigenvalue weighted by atomic mass is 32.2. The smallest absolute Gasteiger partial charge is 0.266 e. The summed E-state index contributed by atoms with van der Waals surface area (Å²) in [7, 11) is -3.77. The summed E-state index contributed by atoms with van der Waals surface area (Å²) in [6.45, 7) is 1.16. The molecule has 1 aromatic heterocycles. The maximum Gasteiger partial charge on any atom is 0.266 e. The molecule has 84 valence electrons. The Balaban J connectivity index is 2.60. The number of amides is 1. The van der Waals surface area contributed by atoms with Crippen molar-refractivity contribution in [1.29, 1.82) is 0 Å². The van der Waals surface area contributed by atoms with Crippen molar-refractivity contribution in [3.63, 3.8) is 0 Å². The molecular weight excluding hydrogens is 228 g/mol. The van der Waals surface area contributed by atoms with Crippen LogP contribution in [0.2, 0.25) is 0 Å². The first-order valence-electron chi connectivity index (χ1n) is 4.60. The Labute approximate surface area is 92.5 Å². The van der Waals surface area contributed by atoms with Crippen molar-refractivity contribution in [2.45, 2.75) is 11.8 Å². The molecule has 0 spiro atoms. The topological polar surface area (TPSA) is 79.0 Å². The van der Waals surface area contributed by atoms with E-state index in [-0.39, 0.29) is 4.90 Å². The molecule has 0 saturated carbocycles. The van der Waals surface area contributed by atoms with Gasteiger partial charge in [-0.3, -0.25) is 4.79 Å². The van der Waals surface area contributed by atoms with Crippen molar-refractivity contribution in [3.05, 3.63) is 30.5 Å². The molecule has 16 heavy (non-hydrogen) atoms. The summed E-state index contributed by atoms with van der Waals surface area (Å²) >= 11 is 0. The van der Waals surface area contributed by atoms with E-state index >= 15 is 0 Å². The molecule has 0 bridgehead atoms. The van der Waals surface area contributed by atoms with Crippen molar-refractivity contribution in [2.75, 3.05) is 0 Å². The first kappa shape index (κ1) is 10.7. The van der Waals surface area contributed by atoms with Gasteiger partial charge in [-0.25, -0.2) is 13.1 Å². The number of nitrogens with one attached hydrogen (secondary N) is 2. The Morgan fingerprint density at radius 3 is 2.69 bits per heavy atom. The number of aromatic nitrogens is 1. The molecule has 1 amide bonds. The summed E-state index contributed by atoms with van der Waals surface area (Å²) in [5.41, 5.74) is 0.714. The number of H-pyrrole nitrogens is 1. The fraction of sp³-hybridized carbons (Fsp3) is 0.100. The van der Waals surface area contributed by atoms with E-state index in [1.54, 1.807) is 24.3 Å². The second-order valence-electron chi connectivity index (χ2n) is 3.36. The molecular formula is C10H10N2O3S. The van der Waals surface area contributed by atoms with Crippen molar-refractivity contribution < 1.29 is 13.2 Å². The maximum absolute atomic E-state index is 11.8. The van der Waals surface area contributed by atoms with Crippen LogP contribution in [-0.2, 0) is 14.8 Å². The second-order valence-corrected chi connectivity index (χ2v) is 5.01. The average Bonchev–Trinajstić information content (AvgIpc) is 2.59. The Morgan fingerprint density at radius 2 is 2.00 bits per heavy atom. The minimum Gasteiger partial charge on any atom is -0.360 e. The molecule has 0 aliphatic rings. The van der Waals surface area contributed by atoms with Gasteiger partial charge in [0.1, 0.15) is 4.90 Å². The zero-order valence-corrected chi connectivity index (χ0v) is 9.34. The second kappa shape index (κ2) is 3.64. The van der Waals surface area contributed by atoms with Gasteiger partial charge in [0, 0.05) is 24.0 Å². The molecule has 0 aliphatic heterocycles. The van der Waals surface area contributed by atoms with E-state index in [9.17, 15) is 13.2 Å². The third kappa shape index (κ3) is 1.79. The van der Waals surface area contributed by atoms with Crippen LogP contribution in [0.1, 0.15) is 6.92 Å². The molecule has 1 aromatic carbocycles. The van der Waals surface area contributed by atoms with E-state index in [4.69, 9.17) is 0 Å². The zero-order chi connectivity index (χ0) is 11.8. The molecule has 2 aromatic rings. The lowest BCUT2D eigenvalue weighted by Gasteiger charge is -2.02. The van der Waals surface area contributed by atoms with Crippen LogP contribution in [0.25, 0.3) is 10.9 Å². The van der Waals surface area contributed by atoms with E-state index in [1.807, 2.05) is 4.72 Å². The van der Waals surface area contributed by atoms with Crippen LogP contribution < -0.4 is 4.72 Å². The van der Waals surface area contributed by atoms with E-state index < -0.39 is 15.9 Å². The molecule has 0 aliphatic carbocycles. The zero-order valence-electron chi connectivity index (χ0n) is 8.52. The molecule has 0 atom stereocenters. The highest BCUT2D eigenvalue weighted by Gasteiger charge is 2.19. The van der Waals surface area contributed by atoms with Gasteiger partial charge in [0.25, 0.3) is 10.0 Å². The normalized spacial score (nSPS) is 11.6. The van der Waals surface area contributed by atoms with Gasteiger partial charge in [0.15, 0.2) is 0 Å². The van der Waals surface area contributed by atoms with Gasteiger partial charge in [-0.15, -0.1) is 0 Å². The SMILES string of the molecule is CC(=O)NS(=O)(=O)c1c[nH]c2ccccc12. The Kier molecular flexibility index (Phi) is 2.43. The number of hydrogen-bond donors (Lipinski definition) is 2. The van der Waals surface area contributed by atoms with Gasteiger partial charge in [0.05, 0.1) is 0 Å². The molecule has 5 nitrogen and oxygen atoms in total. The van der Waals surface area contributed by atoms with Crippen molar-refractivity contribution in [3.8, 4) is 0 Å². The molecule has 6 heteroatoms. The average molecular weight is 238 g/mol. The van der Waals surface area contributed by atoms with Crippen LogP contribution in [-0.4, -0.2) is 19.3 Å². The molecule has 0 saturated heterocycles. The summed E-state index contributed by atoms with van der Waals surface area (Å²) in [6.07, 6.45) is 1.37. The van der Waals surface area contributed by atoms with Crippen molar-refractivity contribution in [1.82, 2.24) is 9.71 Å². The monoisotopic (exact) mass is 238 g/mol. The first-order valence-corrected chi connectivity index (χ1v) is 6.08. The first-order chi connectivity index (χ1) is 7.50. The molecule has 0 radical (unpaired) electrons. The largest absolute Gasteiger partial charge is 0.360 e. The number of benzene rings is 1. The third-order valence-electron chi connectivity index (χ3n) is 2.12. The Hall–Kier alpha value is -1.82. The number of hydrogen-bond acceptors (Lipinski definition) is 3. The lowest BCUT2D eigenvalue weighted by molar-refractivity contribution is -0.117. The van der Waals surface area contributed by atoms with E-state index in [2.05, 4.69) is 4.98 Å². The van der Waals surface area contributed by atoms with Gasteiger partial charge in [-0.1, -0.05) is 18.2 Å². The number of para-hydroxylation sites is 1. The van der Waals surface area contributed by atoms with E-state index in [0.29, 0.717) is 10.9 Å². The van der Waals surface area contributed by atoms with Gasteiger partial charge in [-0.2, -0.15) is 0 Å². The highest BCUT2D eigenvalue weighted by Crippen LogP contribution is 2.21. The summed E-state index contributed by atoms with van der Waals surface area (Å²) in [6, 6.07) is 6.99. The van der Waals surface area contributed by atoms with E-state index in [0.717, 1.165) is 6.92 Å².